The molecule has 0 radical (unpaired) electrons. The highest BCUT2D eigenvalue weighted by atomic mass is 35.5. The van der Waals surface area contributed by atoms with Gasteiger partial charge in [-0.05, 0) is 62.1 Å². The Balaban J connectivity index is 1.82. The zero-order valence-electron chi connectivity index (χ0n) is 22.2. The van der Waals surface area contributed by atoms with Crippen LogP contribution in [0.3, 0.4) is 0 Å². The van der Waals surface area contributed by atoms with Crippen LogP contribution >= 0.6 is 11.6 Å². The predicted octanol–water partition coefficient (Wildman–Crippen LogP) is 7.46. The highest BCUT2D eigenvalue weighted by Crippen LogP contribution is 2.41. The first-order chi connectivity index (χ1) is 17.9. The maximum Gasteiger partial charge on any atom is 0.290 e. The van der Waals surface area contributed by atoms with E-state index in [1.165, 1.54) is 0 Å². The van der Waals surface area contributed by atoms with Crippen molar-refractivity contribution in [3.63, 3.8) is 0 Å². The van der Waals surface area contributed by atoms with E-state index in [1.54, 1.807) is 17.0 Å². The molecule has 2 aromatic carbocycles. The van der Waals surface area contributed by atoms with Crippen LogP contribution in [0.1, 0.15) is 92.6 Å². The molecule has 0 bridgehead atoms. The molecule has 1 aromatic heterocycles. The van der Waals surface area contributed by atoms with Crippen molar-refractivity contribution >= 4 is 28.5 Å². The number of ether oxygens (including phenoxy) is 2. The molecule has 1 aliphatic heterocycles. The number of benzene rings is 2. The number of halogens is 1. The van der Waals surface area contributed by atoms with Crippen LogP contribution in [0.2, 0.25) is 5.02 Å². The first-order valence-corrected chi connectivity index (χ1v) is 13.8. The Labute approximate surface area is 223 Å². The Morgan fingerprint density at radius 1 is 0.946 bits per heavy atom. The van der Waals surface area contributed by atoms with Gasteiger partial charge in [-0.3, -0.25) is 9.59 Å². The van der Waals surface area contributed by atoms with Crippen molar-refractivity contribution in [3.8, 4) is 11.5 Å². The Bertz CT molecular complexity index is 1330. The van der Waals surface area contributed by atoms with Crippen molar-refractivity contribution in [1.29, 1.82) is 0 Å². The largest absolute Gasteiger partial charge is 0.490 e. The van der Waals surface area contributed by atoms with Gasteiger partial charge in [0.2, 0.25) is 5.76 Å². The third-order valence-corrected chi connectivity index (χ3v) is 7.25. The fraction of sp³-hybridized carbons (Fsp3) is 0.467. The summed E-state index contributed by atoms with van der Waals surface area (Å²) >= 11 is 6.35. The summed E-state index contributed by atoms with van der Waals surface area (Å²) in [5.74, 6) is 1.12. The Kier molecular flexibility index (Phi) is 8.80. The van der Waals surface area contributed by atoms with Gasteiger partial charge in [-0.2, -0.15) is 0 Å². The van der Waals surface area contributed by atoms with Crippen LogP contribution in [-0.2, 0) is 0 Å². The molecular weight excluding hydrogens is 490 g/mol. The van der Waals surface area contributed by atoms with Gasteiger partial charge in [0.15, 0.2) is 16.9 Å². The second-order valence-electron chi connectivity index (χ2n) is 9.57. The second kappa shape index (κ2) is 12.0. The summed E-state index contributed by atoms with van der Waals surface area (Å²) in [6, 6.07) is 8.47. The number of aryl methyl sites for hydroxylation is 1. The van der Waals surface area contributed by atoms with E-state index in [-0.39, 0.29) is 17.1 Å². The van der Waals surface area contributed by atoms with Crippen molar-refractivity contribution in [2.75, 3.05) is 19.8 Å². The van der Waals surface area contributed by atoms with Gasteiger partial charge in [0.1, 0.15) is 5.58 Å². The van der Waals surface area contributed by atoms with Crippen LogP contribution in [0.4, 0.5) is 0 Å². The van der Waals surface area contributed by atoms with Crippen LogP contribution in [-0.4, -0.2) is 30.6 Å². The third kappa shape index (κ3) is 5.49. The van der Waals surface area contributed by atoms with Gasteiger partial charge in [0, 0.05) is 11.6 Å². The van der Waals surface area contributed by atoms with Gasteiger partial charge in [-0.25, -0.2) is 0 Å². The summed E-state index contributed by atoms with van der Waals surface area (Å²) in [5, 5.41) is 0.868. The van der Waals surface area contributed by atoms with Crippen molar-refractivity contribution < 1.29 is 18.7 Å². The summed E-state index contributed by atoms with van der Waals surface area (Å²) in [5.41, 5.74) is 2.08. The van der Waals surface area contributed by atoms with E-state index >= 15 is 0 Å². The molecule has 2 heterocycles. The Hall–Kier alpha value is -2.99. The lowest BCUT2D eigenvalue weighted by Gasteiger charge is -2.26. The fourth-order valence-corrected chi connectivity index (χ4v) is 5.03. The number of carbonyl (C=O) groups excluding carboxylic acids is 1. The monoisotopic (exact) mass is 525 g/mol. The summed E-state index contributed by atoms with van der Waals surface area (Å²) in [7, 11) is 0. The fourth-order valence-electron chi connectivity index (χ4n) is 4.87. The molecule has 3 aromatic rings. The number of hydrogen-bond acceptors (Lipinski definition) is 5. The summed E-state index contributed by atoms with van der Waals surface area (Å²) in [6.45, 7) is 9.65. The molecule has 6 nitrogen and oxygen atoms in total. The number of hydrogen-bond donors (Lipinski definition) is 0. The van der Waals surface area contributed by atoms with Gasteiger partial charge in [0.25, 0.3) is 5.91 Å². The highest BCUT2D eigenvalue weighted by molar-refractivity contribution is 6.32. The van der Waals surface area contributed by atoms with E-state index in [9.17, 15) is 9.59 Å². The molecule has 0 aliphatic carbocycles. The minimum atomic E-state index is -0.576. The molecule has 0 N–H and O–H groups in total. The molecule has 37 heavy (non-hydrogen) atoms. The van der Waals surface area contributed by atoms with E-state index in [0.29, 0.717) is 52.8 Å². The van der Waals surface area contributed by atoms with Gasteiger partial charge in [-0.15, -0.1) is 0 Å². The van der Waals surface area contributed by atoms with Crippen molar-refractivity contribution in [2.45, 2.75) is 72.3 Å². The van der Waals surface area contributed by atoms with E-state index < -0.39 is 6.04 Å². The van der Waals surface area contributed by atoms with Gasteiger partial charge in [0.05, 0.1) is 30.2 Å². The van der Waals surface area contributed by atoms with Crippen molar-refractivity contribution in [2.24, 2.45) is 0 Å². The molecule has 7 heteroatoms. The van der Waals surface area contributed by atoms with Crippen molar-refractivity contribution in [3.05, 3.63) is 68.0 Å². The maximum absolute atomic E-state index is 13.8. The van der Waals surface area contributed by atoms with Gasteiger partial charge >= 0.3 is 0 Å². The van der Waals surface area contributed by atoms with E-state index in [2.05, 4.69) is 13.8 Å². The second-order valence-corrected chi connectivity index (χ2v) is 9.98. The molecule has 4 rings (SSSR count). The lowest BCUT2D eigenvalue weighted by Crippen LogP contribution is -2.30. The molecule has 1 unspecified atom stereocenters. The van der Waals surface area contributed by atoms with Crippen LogP contribution in [0.5, 0.6) is 11.5 Å². The predicted molar refractivity (Wildman–Crippen MR) is 147 cm³/mol. The first kappa shape index (κ1) is 27.1. The number of fused-ring (bicyclic) bond motifs is 2. The molecule has 1 aliphatic rings. The highest BCUT2D eigenvalue weighted by Gasteiger charge is 2.42. The molecule has 0 spiro atoms. The van der Waals surface area contributed by atoms with Crippen LogP contribution in [0.15, 0.2) is 39.5 Å². The van der Waals surface area contributed by atoms with Gasteiger partial charge in [-0.1, -0.05) is 57.2 Å². The minimum absolute atomic E-state index is 0.110. The van der Waals surface area contributed by atoms with Gasteiger partial charge < -0.3 is 18.8 Å². The quantitative estimate of drug-likeness (QED) is 0.229. The molecular formula is C30H36ClNO5. The smallest absolute Gasteiger partial charge is 0.290 e. The number of nitrogens with zero attached hydrogens (tertiary/aromatic N) is 1. The lowest BCUT2D eigenvalue weighted by atomic mass is 9.97. The SMILES string of the molecule is CCCCCOc1ccc(C2c3c(oc4cc(C)c(Cl)cc4c3=O)C(=O)N2CCCCC)cc1OCC. The Morgan fingerprint density at radius 3 is 2.43 bits per heavy atom. The first-order valence-electron chi connectivity index (χ1n) is 13.4. The topological polar surface area (TPSA) is 69.0 Å². The summed E-state index contributed by atoms with van der Waals surface area (Å²) in [4.78, 5) is 29.2. The lowest BCUT2D eigenvalue weighted by molar-refractivity contribution is 0.0724. The Morgan fingerprint density at radius 2 is 1.70 bits per heavy atom. The average molecular weight is 526 g/mol. The number of carbonyl (C=O) groups is 1. The zero-order valence-corrected chi connectivity index (χ0v) is 23.0. The number of amides is 1. The standard InChI is InChI=1S/C30H36ClNO5/c1-5-8-10-14-32-27(20-12-13-23(25(17-20)35-7-3)36-15-11-9-6-2)26-28(33)21-18-22(31)19(4)16-24(21)37-29(26)30(32)34/h12-13,16-18,27H,5-11,14-15H2,1-4H3. The van der Waals surface area contributed by atoms with Crippen LogP contribution in [0.25, 0.3) is 11.0 Å². The number of unbranched alkanes of at least 4 members (excludes halogenated alkanes) is 4. The zero-order chi connectivity index (χ0) is 26.5. The van der Waals surface area contributed by atoms with E-state index in [1.807, 2.05) is 32.0 Å². The third-order valence-electron chi connectivity index (χ3n) is 6.84. The summed E-state index contributed by atoms with van der Waals surface area (Å²) < 4.78 is 18.0. The molecule has 0 fully saturated rings. The van der Waals surface area contributed by atoms with Crippen LogP contribution < -0.4 is 14.9 Å². The molecule has 0 saturated heterocycles. The van der Waals surface area contributed by atoms with E-state index in [0.717, 1.165) is 49.7 Å². The minimum Gasteiger partial charge on any atom is -0.490 e. The summed E-state index contributed by atoms with van der Waals surface area (Å²) in [6.07, 6.45) is 6.03. The van der Waals surface area contributed by atoms with Crippen molar-refractivity contribution in [1.82, 2.24) is 4.90 Å². The molecule has 1 atom stereocenters. The molecule has 0 saturated carbocycles. The molecule has 1 amide bonds. The number of rotatable bonds is 12. The van der Waals surface area contributed by atoms with Crippen LogP contribution in [0, 0.1) is 6.92 Å². The molecule has 198 valence electrons. The average Bonchev–Trinajstić information content (AvgIpc) is 3.16. The maximum atomic E-state index is 13.8. The normalized spacial score (nSPS) is 14.9. The van der Waals surface area contributed by atoms with E-state index in [4.69, 9.17) is 25.5 Å².